The third-order valence-electron chi connectivity index (χ3n) is 6.46. The smallest absolute Gasteiger partial charge is 0.339 e. The topological polar surface area (TPSA) is 66.8 Å². The van der Waals surface area contributed by atoms with E-state index in [2.05, 4.69) is 6.92 Å². The Morgan fingerprint density at radius 1 is 0.727 bits per heavy atom. The average molecular weight is 457 g/mol. The van der Waals surface area contributed by atoms with Crippen LogP contribution in [0.3, 0.4) is 0 Å². The van der Waals surface area contributed by atoms with E-state index in [1.165, 1.54) is 96.0 Å². The Bertz CT molecular complexity index is 815. The van der Waals surface area contributed by atoms with Crippen LogP contribution >= 0.6 is 0 Å². The lowest BCUT2D eigenvalue weighted by Crippen LogP contribution is -2.02. The fourth-order valence-corrected chi connectivity index (χ4v) is 4.44. The van der Waals surface area contributed by atoms with Crippen molar-refractivity contribution >= 4 is 16.7 Å². The van der Waals surface area contributed by atoms with E-state index in [-0.39, 0.29) is 11.3 Å². The molecule has 0 unspecified atom stereocenters. The van der Waals surface area contributed by atoms with Gasteiger partial charge >= 0.3 is 5.97 Å². The van der Waals surface area contributed by atoms with E-state index in [4.69, 9.17) is 4.74 Å². The first-order chi connectivity index (χ1) is 16.1. The summed E-state index contributed by atoms with van der Waals surface area (Å²) < 4.78 is 5.91. The van der Waals surface area contributed by atoms with Gasteiger partial charge in [-0.05, 0) is 12.5 Å². The number of carboxylic acid groups (broad SMARTS) is 1. The number of hydrogen-bond donors (Lipinski definition) is 2. The second-order valence-corrected chi connectivity index (χ2v) is 9.27. The summed E-state index contributed by atoms with van der Waals surface area (Å²) in [6.45, 7) is 2.83. The number of ether oxygens (including phenoxy) is 1. The summed E-state index contributed by atoms with van der Waals surface area (Å²) in [7, 11) is 0. The minimum atomic E-state index is -1.15. The average Bonchev–Trinajstić information content (AvgIpc) is 2.82. The molecule has 0 aliphatic heterocycles. The first kappa shape index (κ1) is 27.0. The Morgan fingerprint density at radius 2 is 1.18 bits per heavy atom. The van der Waals surface area contributed by atoms with Crippen LogP contribution in [-0.4, -0.2) is 22.8 Å². The van der Waals surface area contributed by atoms with Crippen LogP contribution in [0.2, 0.25) is 0 Å². The van der Waals surface area contributed by atoms with E-state index in [0.717, 1.165) is 18.2 Å². The van der Waals surface area contributed by atoms with Gasteiger partial charge in [0.05, 0.1) is 6.61 Å². The van der Waals surface area contributed by atoms with Crippen molar-refractivity contribution in [2.75, 3.05) is 6.61 Å². The van der Waals surface area contributed by atoms with Crippen molar-refractivity contribution in [1.82, 2.24) is 0 Å². The molecule has 0 aromatic heterocycles. The molecule has 0 radical (unpaired) electrons. The lowest BCUT2D eigenvalue weighted by atomic mass is 10.0. The number of phenols is 1. The summed E-state index contributed by atoms with van der Waals surface area (Å²) in [6, 6.07) is 8.66. The summed E-state index contributed by atoms with van der Waals surface area (Å²) >= 11 is 0. The molecule has 0 amide bonds. The van der Waals surface area contributed by atoms with Crippen molar-refractivity contribution in [3.05, 3.63) is 35.9 Å². The molecular weight excluding hydrogens is 412 g/mol. The predicted octanol–water partition coefficient (Wildman–Crippen LogP) is 8.88. The zero-order valence-electron chi connectivity index (χ0n) is 20.6. The maximum atomic E-state index is 11.4. The third-order valence-corrected chi connectivity index (χ3v) is 6.46. The summed E-state index contributed by atoms with van der Waals surface area (Å²) in [6.07, 6.45) is 21.3. The molecule has 0 aliphatic carbocycles. The number of carbonyl (C=O) groups is 1. The van der Waals surface area contributed by atoms with Gasteiger partial charge in [0.25, 0.3) is 0 Å². The zero-order chi connectivity index (χ0) is 23.7. The maximum absolute atomic E-state index is 11.4. The van der Waals surface area contributed by atoms with E-state index in [0.29, 0.717) is 17.7 Å². The Labute approximate surface area is 200 Å². The Kier molecular flexibility index (Phi) is 13.4. The molecule has 2 N–H and O–H groups in total. The highest BCUT2D eigenvalue weighted by Gasteiger charge is 2.16. The number of aromatic carboxylic acids is 1. The lowest BCUT2D eigenvalue weighted by Gasteiger charge is -2.12. The lowest BCUT2D eigenvalue weighted by molar-refractivity contribution is 0.0693. The maximum Gasteiger partial charge on any atom is 0.339 e. The van der Waals surface area contributed by atoms with Crippen LogP contribution in [-0.2, 0) is 0 Å². The minimum Gasteiger partial charge on any atom is -0.506 e. The van der Waals surface area contributed by atoms with Crippen molar-refractivity contribution in [2.24, 2.45) is 0 Å². The number of fused-ring (bicyclic) bond motifs is 1. The summed E-state index contributed by atoms with van der Waals surface area (Å²) in [5, 5.41) is 20.8. The van der Waals surface area contributed by atoms with Gasteiger partial charge < -0.3 is 14.9 Å². The molecule has 2 rings (SSSR count). The van der Waals surface area contributed by atoms with Crippen molar-refractivity contribution in [2.45, 2.75) is 110 Å². The fourth-order valence-electron chi connectivity index (χ4n) is 4.44. The molecule has 4 nitrogen and oxygen atoms in total. The molecule has 0 bridgehead atoms. The number of hydrogen-bond acceptors (Lipinski definition) is 3. The van der Waals surface area contributed by atoms with E-state index < -0.39 is 5.97 Å². The van der Waals surface area contributed by atoms with Gasteiger partial charge in [0.2, 0.25) is 0 Å². The number of carboxylic acids is 1. The van der Waals surface area contributed by atoms with E-state index in [1.54, 1.807) is 12.1 Å². The van der Waals surface area contributed by atoms with Crippen molar-refractivity contribution in [3.63, 3.8) is 0 Å². The van der Waals surface area contributed by atoms with Crippen LogP contribution < -0.4 is 4.74 Å². The van der Waals surface area contributed by atoms with Gasteiger partial charge in [-0.15, -0.1) is 0 Å². The predicted molar refractivity (Wildman–Crippen MR) is 138 cm³/mol. The number of unbranched alkanes of at least 4 members (excludes halogenated alkanes) is 15. The number of rotatable bonds is 19. The highest BCUT2D eigenvalue weighted by molar-refractivity contribution is 6.03. The van der Waals surface area contributed by atoms with Crippen molar-refractivity contribution in [1.29, 1.82) is 0 Å². The van der Waals surface area contributed by atoms with E-state index in [1.807, 2.05) is 12.1 Å². The molecule has 0 atom stereocenters. The van der Waals surface area contributed by atoms with Crippen molar-refractivity contribution < 1.29 is 19.7 Å². The molecule has 0 aliphatic rings. The molecule has 0 heterocycles. The normalized spacial score (nSPS) is 11.2. The molecule has 33 heavy (non-hydrogen) atoms. The highest BCUT2D eigenvalue weighted by atomic mass is 16.5. The van der Waals surface area contributed by atoms with Crippen LogP contribution in [0, 0.1) is 0 Å². The molecule has 0 spiro atoms. The first-order valence-electron chi connectivity index (χ1n) is 13.3. The van der Waals surface area contributed by atoms with Crippen LogP contribution in [0.15, 0.2) is 30.3 Å². The van der Waals surface area contributed by atoms with Crippen molar-refractivity contribution in [3.8, 4) is 11.5 Å². The summed E-state index contributed by atoms with van der Waals surface area (Å²) in [5.74, 6) is -0.819. The summed E-state index contributed by atoms with van der Waals surface area (Å²) in [5.41, 5.74) is -0.115. The number of aromatic hydroxyl groups is 1. The molecule has 0 saturated heterocycles. The second-order valence-electron chi connectivity index (χ2n) is 9.27. The second kappa shape index (κ2) is 16.4. The molecule has 4 heteroatoms. The van der Waals surface area contributed by atoms with E-state index >= 15 is 0 Å². The minimum absolute atomic E-state index is 0.115. The number of benzene rings is 2. The molecule has 0 fully saturated rings. The molecular formula is C29H44O4. The molecule has 0 saturated carbocycles. The highest BCUT2D eigenvalue weighted by Crippen LogP contribution is 2.36. The summed E-state index contributed by atoms with van der Waals surface area (Å²) in [4.78, 5) is 11.4. The van der Waals surface area contributed by atoms with Gasteiger partial charge in [0.15, 0.2) is 0 Å². The van der Waals surface area contributed by atoms with Gasteiger partial charge in [-0.1, -0.05) is 128 Å². The Hall–Kier alpha value is -2.23. The van der Waals surface area contributed by atoms with Gasteiger partial charge in [0.1, 0.15) is 17.1 Å². The molecule has 184 valence electrons. The van der Waals surface area contributed by atoms with Gasteiger partial charge in [0, 0.05) is 10.8 Å². The van der Waals surface area contributed by atoms with Gasteiger partial charge in [-0.2, -0.15) is 0 Å². The SMILES string of the molecule is CCCCCCCCCCCCCCCCCCOc1cc(C(=O)O)c(O)c2ccccc12. The van der Waals surface area contributed by atoms with E-state index in [9.17, 15) is 15.0 Å². The standard InChI is InChI=1S/C29H44O4/c1-2-3-4-5-6-7-8-9-10-11-12-13-14-15-16-19-22-33-27-23-26(29(31)32)28(30)25-21-18-17-20-24(25)27/h17-18,20-21,23,30H,2-16,19,22H2,1H3,(H,31,32). The van der Waals surface area contributed by atoms with Gasteiger partial charge in [-0.25, -0.2) is 4.79 Å². The van der Waals surface area contributed by atoms with Crippen LogP contribution in [0.25, 0.3) is 10.8 Å². The molecule has 2 aromatic rings. The van der Waals surface area contributed by atoms with Gasteiger partial charge in [-0.3, -0.25) is 0 Å². The first-order valence-corrected chi connectivity index (χ1v) is 13.3. The fraction of sp³-hybridized carbons (Fsp3) is 0.621. The van der Waals surface area contributed by atoms with Crippen LogP contribution in [0.1, 0.15) is 120 Å². The Morgan fingerprint density at radius 3 is 1.67 bits per heavy atom. The monoisotopic (exact) mass is 456 g/mol. The molecule has 2 aromatic carbocycles. The van der Waals surface area contributed by atoms with Crippen LogP contribution in [0.4, 0.5) is 0 Å². The zero-order valence-corrected chi connectivity index (χ0v) is 20.6. The quantitative estimate of drug-likeness (QED) is 0.207. The largest absolute Gasteiger partial charge is 0.506 e. The third kappa shape index (κ3) is 10.1. The Balaban J connectivity index is 1.51. The van der Waals surface area contributed by atoms with Crippen LogP contribution in [0.5, 0.6) is 11.5 Å².